The summed E-state index contributed by atoms with van der Waals surface area (Å²) in [6, 6.07) is 0. The number of hydrogen-bond acceptors (Lipinski definition) is 0. The molecule has 0 aromatic rings. The summed E-state index contributed by atoms with van der Waals surface area (Å²) in [5.41, 5.74) is 1.65. The van der Waals surface area contributed by atoms with Crippen LogP contribution in [0.5, 0.6) is 0 Å². The molecule has 0 heteroatoms. The Hall–Kier alpha value is -0.260. The fraction of sp³-hybridized carbons (Fsp3) is 0.818. The average Bonchev–Trinajstić information content (AvgIpc) is 1.97. The van der Waals surface area contributed by atoms with E-state index >= 15 is 0 Å². The van der Waals surface area contributed by atoms with Gasteiger partial charge in [0.15, 0.2) is 0 Å². The maximum Gasteiger partial charge on any atom is -0.0260 e. The fourth-order valence-electron chi connectivity index (χ4n) is 1.27. The summed E-state index contributed by atoms with van der Waals surface area (Å²) in [5.74, 6) is 0.751. The van der Waals surface area contributed by atoms with Crippen molar-refractivity contribution in [2.45, 2.75) is 53.4 Å². The van der Waals surface area contributed by atoms with Crippen molar-refractivity contribution >= 4 is 0 Å². The Kier molecular flexibility index (Phi) is 6.30. The van der Waals surface area contributed by atoms with Crippen LogP contribution in [0.25, 0.3) is 0 Å². The van der Waals surface area contributed by atoms with E-state index in [9.17, 15) is 0 Å². The van der Waals surface area contributed by atoms with Crippen LogP contribution >= 0.6 is 0 Å². The third-order valence-electron chi connectivity index (χ3n) is 2.03. The van der Waals surface area contributed by atoms with Gasteiger partial charge in [-0.25, -0.2) is 0 Å². The molecular weight excluding hydrogens is 132 g/mol. The van der Waals surface area contributed by atoms with Gasteiger partial charge in [0.1, 0.15) is 0 Å². The first-order valence-electron chi connectivity index (χ1n) is 4.91. The molecule has 0 rings (SSSR count). The maximum atomic E-state index is 2.39. The first kappa shape index (κ1) is 10.7. The molecule has 66 valence electrons. The summed E-state index contributed by atoms with van der Waals surface area (Å²) >= 11 is 0. The van der Waals surface area contributed by atoms with Crippen LogP contribution in [0.15, 0.2) is 11.6 Å². The second-order valence-corrected chi connectivity index (χ2v) is 3.45. The lowest BCUT2D eigenvalue weighted by molar-refractivity contribution is 0.669. The Morgan fingerprint density at radius 2 is 1.91 bits per heavy atom. The van der Waals surface area contributed by atoms with Crippen molar-refractivity contribution in [1.82, 2.24) is 0 Å². The molecule has 0 nitrogen and oxygen atoms in total. The molecule has 11 heavy (non-hydrogen) atoms. The summed E-state index contributed by atoms with van der Waals surface area (Å²) in [5, 5.41) is 0. The maximum absolute atomic E-state index is 2.39. The van der Waals surface area contributed by atoms with Crippen LogP contribution in [0, 0.1) is 5.92 Å². The molecule has 0 heterocycles. The van der Waals surface area contributed by atoms with Gasteiger partial charge < -0.3 is 0 Å². The summed E-state index contributed by atoms with van der Waals surface area (Å²) in [7, 11) is 0. The van der Waals surface area contributed by atoms with Gasteiger partial charge in [0.05, 0.1) is 0 Å². The Bertz CT molecular complexity index is 109. The Labute approximate surface area is 71.7 Å². The highest BCUT2D eigenvalue weighted by atomic mass is 14.1. The number of hydrogen-bond donors (Lipinski definition) is 0. The standard InChI is InChI=1S/C11H22/c1-5-7-9-11(8-6-2)10(3)4/h8,10H,5-7,9H2,1-4H3. The van der Waals surface area contributed by atoms with E-state index in [4.69, 9.17) is 0 Å². The van der Waals surface area contributed by atoms with E-state index in [1.807, 2.05) is 0 Å². The number of rotatable bonds is 5. The van der Waals surface area contributed by atoms with Gasteiger partial charge >= 0.3 is 0 Å². The molecule has 0 atom stereocenters. The first-order chi connectivity index (χ1) is 5.22. The Morgan fingerprint density at radius 1 is 1.27 bits per heavy atom. The Morgan fingerprint density at radius 3 is 2.27 bits per heavy atom. The second kappa shape index (κ2) is 6.45. The van der Waals surface area contributed by atoms with Crippen molar-refractivity contribution in [3.63, 3.8) is 0 Å². The lowest BCUT2D eigenvalue weighted by Gasteiger charge is -2.09. The molecule has 0 N–H and O–H groups in total. The predicted octanol–water partition coefficient (Wildman–Crippen LogP) is 4.17. The summed E-state index contributed by atoms with van der Waals surface area (Å²) < 4.78 is 0. The lowest BCUT2D eigenvalue weighted by atomic mass is 9.97. The highest BCUT2D eigenvalue weighted by Gasteiger charge is 2.00. The molecule has 0 saturated heterocycles. The van der Waals surface area contributed by atoms with Crippen LogP contribution in [0.1, 0.15) is 53.4 Å². The van der Waals surface area contributed by atoms with E-state index in [2.05, 4.69) is 33.8 Å². The van der Waals surface area contributed by atoms with Gasteiger partial charge in [-0.3, -0.25) is 0 Å². The minimum Gasteiger partial charge on any atom is -0.0853 e. The second-order valence-electron chi connectivity index (χ2n) is 3.45. The van der Waals surface area contributed by atoms with Gasteiger partial charge in [-0.05, 0) is 25.2 Å². The zero-order valence-electron chi connectivity index (χ0n) is 8.48. The normalized spacial score (nSPS) is 12.6. The molecule has 0 radical (unpaired) electrons. The molecule has 0 saturated carbocycles. The SMILES string of the molecule is CCC=C(CCCC)C(C)C. The minimum absolute atomic E-state index is 0.751. The van der Waals surface area contributed by atoms with Crippen molar-refractivity contribution < 1.29 is 0 Å². The lowest BCUT2D eigenvalue weighted by Crippen LogP contribution is -1.93. The molecule has 0 bridgehead atoms. The highest BCUT2D eigenvalue weighted by molar-refractivity contribution is 5.04. The van der Waals surface area contributed by atoms with Gasteiger partial charge in [-0.15, -0.1) is 0 Å². The smallest absolute Gasteiger partial charge is 0.0260 e. The van der Waals surface area contributed by atoms with Gasteiger partial charge in [-0.2, -0.15) is 0 Å². The largest absolute Gasteiger partial charge is 0.0853 e. The van der Waals surface area contributed by atoms with E-state index in [-0.39, 0.29) is 0 Å². The summed E-state index contributed by atoms with van der Waals surface area (Å²) in [4.78, 5) is 0. The predicted molar refractivity (Wildman–Crippen MR) is 52.7 cm³/mol. The van der Waals surface area contributed by atoms with Crippen LogP contribution in [0.4, 0.5) is 0 Å². The van der Waals surface area contributed by atoms with Crippen molar-refractivity contribution in [3.8, 4) is 0 Å². The van der Waals surface area contributed by atoms with Crippen LogP contribution in [-0.2, 0) is 0 Å². The van der Waals surface area contributed by atoms with E-state index < -0.39 is 0 Å². The molecule has 0 spiro atoms. The third kappa shape index (κ3) is 5.06. The quantitative estimate of drug-likeness (QED) is 0.521. The molecule has 0 aliphatic carbocycles. The van der Waals surface area contributed by atoms with Crippen molar-refractivity contribution in [2.24, 2.45) is 5.92 Å². The van der Waals surface area contributed by atoms with Crippen molar-refractivity contribution in [3.05, 3.63) is 11.6 Å². The average molecular weight is 154 g/mol. The third-order valence-corrected chi connectivity index (χ3v) is 2.03. The molecular formula is C11H22. The fourth-order valence-corrected chi connectivity index (χ4v) is 1.27. The van der Waals surface area contributed by atoms with E-state index in [0.29, 0.717) is 0 Å². The van der Waals surface area contributed by atoms with Crippen LogP contribution < -0.4 is 0 Å². The molecule has 0 aliphatic heterocycles. The van der Waals surface area contributed by atoms with Gasteiger partial charge in [0, 0.05) is 0 Å². The molecule has 0 amide bonds. The topological polar surface area (TPSA) is 0 Å². The van der Waals surface area contributed by atoms with E-state index in [1.165, 1.54) is 25.7 Å². The van der Waals surface area contributed by atoms with E-state index in [1.54, 1.807) is 5.57 Å². The number of allylic oxidation sites excluding steroid dienone is 2. The zero-order valence-corrected chi connectivity index (χ0v) is 8.48. The molecule has 0 aromatic heterocycles. The summed E-state index contributed by atoms with van der Waals surface area (Å²) in [6.07, 6.45) is 7.55. The monoisotopic (exact) mass is 154 g/mol. The van der Waals surface area contributed by atoms with Gasteiger partial charge in [-0.1, -0.05) is 45.8 Å². The van der Waals surface area contributed by atoms with Crippen LogP contribution in [0.2, 0.25) is 0 Å². The first-order valence-corrected chi connectivity index (χ1v) is 4.91. The number of unbranched alkanes of at least 4 members (excludes halogenated alkanes) is 1. The van der Waals surface area contributed by atoms with Crippen molar-refractivity contribution in [1.29, 1.82) is 0 Å². The highest BCUT2D eigenvalue weighted by Crippen LogP contribution is 2.17. The zero-order chi connectivity index (χ0) is 8.69. The van der Waals surface area contributed by atoms with Crippen LogP contribution in [-0.4, -0.2) is 0 Å². The molecule has 0 aromatic carbocycles. The van der Waals surface area contributed by atoms with E-state index in [0.717, 1.165) is 5.92 Å². The summed E-state index contributed by atoms with van der Waals surface area (Å²) in [6.45, 7) is 9.05. The molecule has 0 unspecified atom stereocenters. The Balaban J connectivity index is 3.80. The van der Waals surface area contributed by atoms with Crippen molar-refractivity contribution in [2.75, 3.05) is 0 Å². The molecule has 0 aliphatic rings. The molecule has 0 fully saturated rings. The van der Waals surface area contributed by atoms with Crippen LogP contribution in [0.3, 0.4) is 0 Å². The van der Waals surface area contributed by atoms with Gasteiger partial charge in [0.2, 0.25) is 0 Å². The minimum atomic E-state index is 0.751. The van der Waals surface area contributed by atoms with Gasteiger partial charge in [0.25, 0.3) is 0 Å².